The summed E-state index contributed by atoms with van der Waals surface area (Å²) in [5.74, 6) is 0.143. The molecule has 26 heavy (non-hydrogen) atoms. The molecule has 0 unspecified atom stereocenters. The number of hydrogen-bond acceptors (Lipinski definition) is 4. The van der Waals surface area contributed by atoms with E-state index in [1.165, 1.54) is 12.1 Å². The van der Waals surface area contributed by atoms with E-state index >= 15 is 0 Å². The Hall–Kier alpha value is -1.80. The summed E-state index contributed by atoms with van der Waals surface area (Å²) >= 11 is 11.9. The van der Waals surface area contributed by atoms with Crippen LogP contribution in [0, 0.1) is 0 Å². The van der Waals surface area contributed by atoms with Gasteiger partial charge in [-0.25, -0.2) is 13.1 Å². The lowest BCUT2D eigenvalue weighted by Crippen LogP contribution is -2.35. The van der Waals surface area contributed by atoms with E-state index in [-0.39, 0.29) is 36.9 Å². The molecule has 0 aliphatic rings. The van der Waals surface area contributed by atoms with Gasteiger partial charge in [-0.1, -0.05) is 47.5 Å². The van der Waals surface area contributed by atoms with Crippen LogP contribution in [0.5, 0.6) is 5.75 Å². The van der Waals surface area contributed by atoms with E-state index in [1.807, 2.05) is 0 Å². The molecule has 0 atom stereocenters. The maximum absolute atomic E-state index is 12.0. The van der Waals surface area contributed by atoms with Crippen molar-refractivity contribution < 1.29 is 17.9 Å². The molecule has 0 fully saturated rings. The van der Waals surface area contributed by atoms with Crippen LogP contribution in [0.1, 0.15) is 6.42 Å². The van der Waals surface area contributed by atoms with Gasteiger partial charge in [0.1, 0.15) is 10.8 Å². The summed E-state index contributed by atoms with van der Waals surface area (Å²) in [4.78, 5) is 11.9. The van der Waals surface area contributed by atoms with Crippen molar-refractivity contribution in [2.45, 2.75) is 11.3 Å². The fraction of sp³-hybridized carbons (Fsp3) is 0.235. The van der Waals surface area contributed by atoms with Crippen molar-refractivity contribution in [3.05, 3.63) is 58.6 Å². The quantitative estimate of drug-likeness (QED) is 0.615. The van der Waals surface area contributed by atoms with Crippen LogP contribution in [0.3, 0.4) is 0 Å². The highest BCUT2D eigenvalue weighted by Crippen LogP contribution is 2.31. The van der Waals surface area contributed by atoms with Gasteiger partial charge in [-0.3, -0.25) is 4.79 Å². The summed E-state index contributed by atoms with van der Waals surface area (Å²) in [6, 6.07) is 13.0. The number of benzene rings is 2. The Labute approximate surface area is 162 Å². The highest BCUT2D eigenvalue weighted by Gasteiger charge is 2.12. The van der Waals surface area contributed by atoms with Crippen LogP contribution in [0.2, 0.25) is 10.0 Å². The monoisotopic (exact) mass is 416 g/mol. The Morgan fingerprint density at radius 2 is 1.73 bits per heavy atom. The lowest BCUT2D eigenvalue weighted by Gasteiger charge is -2.10. The van der Waals surface area contributed by atoms with E-state index in [9.17, 15) is 13.2 Å². The van der Waals surface area contributed by atoms with E-state index in [4.69, 9.17) is 27.9 Å². The minimum atomic E-state index is -3.57. The van der Waals surface area contributed by atoms with E-state index in [0.29, 0.717) is 15.8 Å². The molecule has 0 aliphatic heterocycles. The molecule has 140 valence electrons. The minimum Gasteiger partial charge on any atom is -0.491 e. The van der Waals surface area contributed by atoms with Crippen LogP contribution in [-0.4, -0.2) is 34.0 Å². The summed E-state index contributed by atoms with van der Waals surface area (Å²) < 4.78 is 31.8. The summed E-state index contributed by atoms with van der Waals surface area (Å²) in [7, 11) is -3.57. The zero-order chi connectivity index (χ0) is 19.0. The smallest absolute Gasteiger partial charge is 0.240 e. The Kier molecular flexibility index (Phi) is 7.71. The lowest BCUT2D eigenvalue weighted by atomic mass is 10.3. The van der Waals surface area contributed by atoms with Crippen LogP contribution >= 0.6 is 23.2 Å². The molecule has 0 aromatic heterocycles. The van der Waals surface area contributed by atoms with Gasteiger partial charge in [0.2, 0.25) is 15.9 Å². The number of hydrogen-bond donors (Lipinski definition) is 2. The van der Waals surface area contributed by atoms with Gasteiger partial charge in [-0.05, 0) is 24.3 Å². The zero-order valence-electron chi connectivity index (χ0n) is 13.7. The third kappa shape index (κ3) is 6.17. The molecule has 0 spiro atoms. The van der Waals surface area contributed by atoms with Crippen LogP contribution in [0.15, 0.2) is 53.4 Å². The zero-order valence-corrected chi connectivity index (χ0v) is 16.1. The highest BCUT2D eigenvalue weighted by molar-refractivity contribution is 7.89. The van der Waals surface area contributed by atoms with Gasteiger partial charge in [0, 0.05) is 13.1 Å². The molecule has 6 nitrogen and oxygen atoms in total. The van der Waals surface area contributed by atoms with Gasteiger partial charge >= 0.3 is 0 Å². The lowest BCUT2D eigenvalue weighted by molar-refractivity contribution is -0.121. The second kappa shape index (κ2) is 9.78. The largest absolute Gasteiger partial charge is 0.491 e. The maximum Gasteiger partial charge on any atom is 0.240 e. The summed E-state index contributed by atoms with van der Waals surface area (Å²) in [5.41, 5.74) is 0. The number of ether oxygens (including phenoxy) is 1. The number of nitrogens with one attached hydrogen (secondary N) is 2. The average molecular weight is 417 g/mol. The predicted octanol–water partition coefficient (Wildman–Crippen LogP) is 2.86. The molecule has 0 radical (unpaired) electrons. The van der Waals surface area contributed by atoms with Crippen molar-refractivity contribution in [1.29, 1.82) is 0 Å². The molecule has 9 heteroatoms. The first-order valence-electron chi connectivity index (χ1n) is 7.78. The number of halogens is 2. The standard InChI is InChI=1S/C17H18Cl2N2O4S/c18-14-7-4-8-15(17(14)19)25-12-9-16(22)20-10-11-21-26(23,24)13-5-2-1-3-6-13/h1-8,21H,9-12H2,(H,20,22). The van der Waals surface area contributed by atoms with Gasteiger partial charge in [-0.15, -0.1) is 0 Å². The van der Waals surface area contributed by atoms with Crippen molar-refractivity contribution in [2.75, 3.05) is 19.7 Å². The second-order valence-corrected chi connectivity index (χ2v) is 7.76. The van der Waals surface area contributed by atoms with Crippen molar-refractivity contribution in [2.24, 2.45) is 0 Å². The van der Waals surface area contributed by atoms with Gasteiger partial charge < -0.3 is 10.1 Å². The van der Waals surface area contributed by atoms with Crippen LogP contribution < -0.4 is 14.8 Å². The first-order chi connectivity index (χ1) is 12.4. The number of carbonyl (C=O) groups excluding carboxylic acids is 1. The van der Waals surface area contributed by atoms with Crippen LogP contribution in [0.25, 0.3) is 0 Å². The van der Waals surface area contributed by atoms with Crippen LogP contribution in [0.4, 0.5) is 0 Å². The first kappa shape index (κ1) is 20.5. The van der Waals surface area contributed by atoms with E-state index in [0.717, 1.165) is 0 Å². The minimum absolute atomic E-state index is 0.0872. The van der Waals surface area contributed by atoms with E-state index < -0.39 is 10.0 Å². The van der Waals surface area contributed by atoms with Crippen molar-refractivity contribution in [1.82, 2.24) is 10.0 Å². The van der Waals surface area contributed by atoms with Crippen molar-refractivity contribution >= 4 is 39.1 Å². The second-order valence-electron chi connectivity index (χ2n) is 5.21. The predicted molar refractivity (Wildman–Crippen MR) is 101 cm³/mol. The van der Waals surface area contributed by atoms with Gasteiger partial charge in [0.25, 0.3) is 0 Å². The Balaban J connectivity index is 1.67. The SMILES string of the molecule is O=C(CCOc1cccc(Cl)c1Cl)NCCNS(=O)(=O)c1ccccc1. The topological polar surface area (TPSA) is 84.5 Å². The highest BCUT2D eigenvalue weighted by atomic mass is 35.5. The van der Waals surface area contributed by atoms with E-state index in [1.54, 1.807) is 36.4 Å². The Bertz CT molecular complexity index is 845. The molecule has 2 aromatic carbocycles. The fourth-order valence-electron chi connectivity index (χ4n) is 2.01. The third-order valence-electron chi connectivity index (χ3n) is 3.30. The maximum atomic E-state index is 12.0. The van der Waals surface area contributed by atoms with Crippen molar-refractivity contribution in [3.63, 3.8) is 0 Å². The number of sulfonamides is 1. The molecule has 0 saturated carbocycles. The molecule has 0 aliphatic carbocycles. The Morgan fingerprint density at radius 3 is 2.46 bits per heavy atom. The van der Waals surface area contributed by atoms with Gasteiger partial charge in [-0.2, -0.15) is 0 Å². The summed E-state index contributed by atoms with van der Waals surface area (Å²) in [6.45, 7) is 0.383. The summed E-state index contributed by atoms with van der Waals surface area (Å²) in [5, 5.41) is 3.28. The van der Waals surface area contributed by atoms with Crippen LogP contribution in [-0.2, 0) is 14.8 Å². The number of carbonyl (C=O) groups is 1. The fourth-order valence-corrected chi connectivity index (χ4v) is 3.41. The molecule has 0 bridgehead atoms. The molecule has 0 heterocycles. The number of amides is 1. The van der Waals surface area contributed by atoms with Gasteiger partial charge in [0.05, 0.1) is 22.9 Å². The summed E-state index contributed by atoms with van der Waals surface area (Å²) in [6.07, 6.45) is 0.105. The van der Waals surface area contributed by atoms with E-state index in [2.05, 4.69) is 10.0 Å². The molecular weight excluding hydrogens is 399 g/mol. The third-order valence-corrected chi connectivity index (χ3v) is 5.57. The molecule has 2 rings (SSSR count). The molecule has 1 amide bonds. The number of rotatable bonds is 9. The van der Waals surface area contributed by atoms with Gasteiger partial charge in [0.15, 0.2) is 0 Å². The molecular formula is C17H18Cl2N2O4S. The molecule has 0 saturated heterocycles. The van der Waals surface area contributed by atoms with Crippen molar-refractivity contribution in [3.8, 4) is 5.75 Å². The molecule has 2 aromatic rings. The molecule has 2 N–H and O–H groups in total. The Morgan fingerprint density at radius 1 is 1.00 bits per heavy atom. The first-order valence-corrected chi connectivity index (χ1v) is 10.0. The normalized spacial score (nSPS) is 11.2. The average Bonchev–Trinajstić information content (AvgIpc) is 2.63.